The van der Waals surface area contributed by atoms with E-state index in [4.69, 9.17) is 4.98 Å². The lowest BCUT2D eigenvalue weighted by molar-refractivity contribution is 0.312. The summed E-state index contributed by atoms with van der Waals surface area (Å²) < 4.78 is 0. The number of hydrogen-bond donors (Lipinski definition) is 1. The number of piperazine rings is 1. The second kappa shape index (κ2) is 4.94. The minimum absolute atomic E-state index is 0.758. The average molecular weight is 274 g/mol. The molecule has 0 amide bonds. The topological polar surface area (TPSA) is 51.3 Å². The zero-order valence-electron chi connectivity index (χ0n) is 12.6. The van der Waals surface area contributed by atoms with Gasteiger partial charge in [0.2, 0.25) is 5.95 Å². The van der Waals surface area contributed by atoms with Crippen LogP contribution in [0.3, 0.4) is 0 Å². The van der Waals surface area contributed by atoms with Crippen molar-refractivity contribution in [2.24, 2.45) is 0 Å². The summed E-state index contributed by atoms with van der Waals surface area (Å²) >= 11 is 0. The van der Waals surface area contributed by atoms with Crippen LogP contribution in [-0.4, -0.2) is 67.2 Å². The molecule has 0 radical (unpaired) electrons. The van der Waals surface area contributed by atoms with Crippen molar-refractivity contribution in [1.29, 1.82) is 0 Å². The number of H-pyrrole nitrogens is 1. The van der Waals surface area contributed by atoms with Crippen LogP contribution in [0.2, 0.25) is 0 Å². The Labute approximate surface area is 119 Å². The Kier molecular flexibility index (Phi) is 3.25. The second-order valence-corrected chi connectivity index (χ2v) is 5.75. The number of aromatic nitrogens is 3. The molecule has 6 nitrogen and oxygen atoms in total. The van der Waals surface area contributed by atoms with Gasteiger partial charge in [-0.1, -0.05) is 0 Å². The van der Waals surface area contributed by atoms with Crippen molar-refractivity contribution in [2.45, 2.75) is 6.92 Å². The van der Waals surface area contributed by atoms with Crippen LogP contribution in [0.1, 0.15) is 5.69 Å². The Morgan fingerprint density at radius 1 is 1.15 bits per heavy atom. The fourth-order valence-electron chi connectivity index (χ4n) is 2.57. The van der Waals surface area contributed by atoms with E-state index in [2.05, 4.69) is 39.8 Å². The molecule has 3 rings (SSSR count). The molecule has 1 aliphatic heterocycles. The zero-order chi connectivity index (χ0) is 14.3. The third-order valence-corrected chi connectivity index (χ3v) is 3.79. The molecule has 1 fully saturated rings. The highest BCUT2D eigenvalue weighted by atomic mass is 15.3. The lowest BCUT2D eigenvalue weighted by atomic mass is 10.2. The fourth-order valence-corrected chi connectivity index (χ4v) is 2.57. The SMILES string of the molecule is Cc1cc2c(N3CCN(C)CC3)nc(N(C)C)nc2[nH]1. The van der Waals surface area contributed by atoms with Crippen LogP contribution in [0.15, 0.2) is 6.07 Å². The molecule has 108 valence electrons. The first kappa shape index (κ1) is 13.2. The fraction of sp³-hybridized carbons (Fsp3) is 0.571. The molecule has 20 heavy (non-hydrogen) atoms. The molecule has 0 spiro atoms. The van der Waals surface area contributed by atoms with E-state index in [0.29, 0.717) is 0 Å². The molecule has 0 unspecified atom stereocenters. The third-order valence-electron chi connectivity index (χ3n) is 3.79. The summed E-state index contributed by atoms with van der Waals surface area (Å²) in [5.41, 5.74) is 2.05. The lowest BCUT2D eigenvalue weighted by Gasteiger charge is -2.33. The van der Waals surface area contributed by atoms with Crippen LogP contribution >= 0.6 is 0 Å². The van der Waals surface area contributed by atoms with Crippen molar-refractivity contribution >= 4 is 22.8 Å². The Hall–Kier alpha value is -1.82. The number of nitrogens with zero attached hydrogens (tertiary/aromatic N) is 5. The Morgan fingerprint density at radius 2 is 1.85 bits per heavy atom. The summed E-state index contributed by atoms with van der Waals surface area (Å²) in [6.45, 7) is 6.24. The highest BCUT2D eigenvalue weighted by molar-refractivity contribution is 5.89. The van der Waals surface area contributed by atoms with Crippen LogP contribution in [0.25, 0.3) is 11.0 Å². The van der Waals surface area contributed by atoms with Gasteiger partial charge in [0.1, 0.15) is 11.5 Å². The molecule has 1 saturated heterocycles. The predicted molar refractivity (Wildman–Crippen MR) is 82.7 cm³/mol. The van der Waals surface area contributed by atoms with Crippen LogP contribution in [0, 0.1) is 6.92 Å². The van der Waals surface area contributed by atoms with Gasteiger partial charge in [-0.3, -0.25) is 0 Å². The number of hydrogen-bond acceptors (Lipinski definition) is 5. The Balaban J connectivity index is 2.07. The molecule has 3 heterocycles. The van der Waals surface area contributed by atoms with Gasteiger partial charge < -0.3 is 19.7 Å². The van der Waals surface area contributed by atoms with E-state index in [1.807, 2.05) is 19.0 Å². The normalized spacial score (nSPS) is 16.9. The molecule has 0 aliphatic carbocycles. The van der Waals surface area contributed by atoms with Crippen molar-refractivity contribution < 1.29 is 0 Å². The molecule has 1 aliphatic rings. The largest absolute Gasteiger partial charge is 0.353 e. The lowest BCUT2D eigenvalue weighted by Crippen LogP contribution is -2.45. The molecule has 0 saturated carbocycles. The number of anilines is 2. The maximum Gasteiger partial charge on any atom is 0.228 e. The van der Waals surface area contributed by atoms with Crippen molar-refractivity contribution in [3.63, 3.8) is 0 Å². The molecule has 1 N–H and O–H groups in total. The Bertz CT molecular complexity index is 609. The molecular weight excluding hydrogens is 252 g/mol. The van der Waals surface area contributed by atoms with Crippen molar-refractivity contribution in [3.05, 3.63) is 11.8 Å². The molecule has 0 atom stereocenters. The highest BCUT2D eigenvalue weighted by Gasteiger charge is 2.20. The van der Waals surface area contributed by atoms with Gasteiger partial charge in [-0.2, -0.15) is 9.97 Å². The smallest absolute Gasteiger partial charge is 0.228 e. The van der Waals surface area contributed by atoms with E-state index in [1.54, 1.807) is 0 Å². The summed E-state index contributed by atoms with van der Waals surface area (Å²) in [7, 11) is 6.12. The first-order chi connectivity index (χ1) is 9.54. The standard InChI is InChI=1S/C14H22N6/c1-10-9-11-12(15-10)16-14(18(2)3)17-13(11)20-7-5-19(4)6-8-20/h9H,5-8H2,1-4H3,(H,15,16,17). The van der Waals surface area contributed by atoms with Gasteiger partial charge in [0.25, 0.3) is 0 Å². The van der Waals surface area contributed by atoms with Crippen LogP contribution < -0.4 is 9.80 Å². The summed E-state index contributed by atoms with van der Waals surface area (Å²) in [6.07, 6.45) is 0. The molecular formula is C14H22N6. The molecule has 0 aromatic carbocycles. The van der Waals surface area contributed by atoms with Crippen LogP contribution in [0.4, 0.5) is 11.8 Å². The minimum atomic E-state index is 0.758. The van der Waals surface area contributed by atoms with Crippen molar-refractivity contribution in [3.8, 4) is 0 Å². The monoisotopic (exact) mass is 274 g/mol. The average Bonchev–Trinajstić information content (AvgIpc) is 2.78. The summed E-state index contributed by atoms with van der Waals surface area (Å²) in [4.78, 5) is 19.4. The maximum atomic E-state index is 4.76. The number of nitrogens with one attached hydrogen (secondary N) is 1. The zero-order valence-corrected chi connectivity index (χ0v) is 12.6. The van der Waals surface area contributed by atoms with Gasteiger partial charge in [-0.05, 0) is 20.0 Å². The maximum absolute atomic E-state index is 4.76. The number of likely N-dealkylation sites (N-methyl/N-ethyl adjacent to an activating group) is 1. The van der Waals surface area contributed by atoms with Gasteiger partial charge in [-0.15, -0.1) is 0 Å². The molecule has 0 bridgehead atoms. The van der Waals surface area contributed by atoms with E-state index in [9.17, 15) is 0 Å². The van der Waals surface area contributed by atoms with Gasteiger partial charge in [-0.25, -0.2) is 0 Å². The summed E-state index contributed by atoms with van der Waals surface area (Å²) in [5.74, 6) is 1.81. The number of aromatic amines is 1. The molecule has 2 aromatic rings. The molecule has 6 heteroatoms. The Morgan fingerprint density at radius 3 is 2.50 bits per heavy atom. The molecule has 2 aromatic heterocycles. The summed E-state index contributed by atoms with van der Waals surface area (Å²) in [5, 5.41) is 1.12. The van der Waals surface area contributed by atoms with Crippen LogP contribution in [0.5, 0.6) is 0 Å². The van der Waals surface area contributed by atoms with E-state index >= 15 is 0 Å². The van der Waals surface area contributed by atoms with Gasteiger partial charge in [0.15, 0.2) is 0 Å². The number of fused-ring (bicyclic) bond motifs is 1. The minimum Gasteiger partial charge on any atom is -0.353 e. The van der Waals surface area contributed by atoms with E-state index in [-0.39, 0.29) is 0 Å². The van der Waals surface area contributed by atoms with Crippen molar-refractivity contribution in [2.75, 3.05) is 57.1 Å². The second-order valence-electron chi connectivity index (χ2n) is 5.75. The van der Waals surface area contributed by atoms with Gasteiger partial charge in [0.05, 0.1) is 5.39 Å². The predicted octanol–water partition coefficient (Wildman–Crippen LogP) is 1.08. The van der Waals surface area contributed by atoms with Gasteiger partial charge in [0, 0.05) is 46.0 Å². The first-order valence-corrected chi connectivity index (χ1v) is 7.03. The van der Waals surface area contributed by atoms with E-state index in [1.165, 1.54) is 0 Å². The highest BCUT2D eigenvalue weighted by Crippen LogP contribution is 2.27. The number of rotatable bonds is 2. The number of aryl methyl sites for hydroxylation is 1. The van der Waals surface area contributed by atoms with Crippen molar-refractivity contribution in [1.82, 2.24) is 19.9 Å². The first-order valence-electron chi connectivity index (χ1n) is 7.03. The van der Waals surface area contributed by atoms with Gasteiger partial charge >= 0.3 is 0 Å². The third kappa shape index (κ3) is 2.31. The van der Waals surface area contributed by atoms with E-state index in [0.717, 1.165) is 54.7 Å². The van der Waals surface area contributed by atoms with Crippen LogP contribution in [-0.2, 0) is 0 Å². The van der Waals surface area contributed by atoms with E-state index < -0.39 is 0 Å². The summed E-state index contributed by atoms with van der Waals surface area (Å²) in [6, 6.07) is 2.14. The quantitative estimate of drug-likeness (QED) is 0.888.